The molecule has 2 N–H and O–H groups in total. The van der Waals surface area contributed by atoms with Gasteiger partial charge >= 0.3 is 0 Å². The molecular formula is C20H24N2O2S. The zero-order valence-electron chi connectivity index (χ0n) is 14.8. The van der Waals surface area contributed by atoms with Gasteiger partial charge in [0.15, 0.2) is 0 Å². The molecule has 2 rings (SSSR count). The summed E-state index contributed by atoms with van der Waals surface area (Å²) in [6.07, 6.45) is 2.25. The normalized spacial score (nSPS) is 11.8. The molecule has 0 unspecified atom stereocenters. The average Bonchev–Trinajstić information content (AvgIpc) is 2.60. The van der Waals surface area contributed by atoms with Crippen molar-refractivity contribution in [2.75, 3.05) is 11.6 Å². The second kappa shape index (κ2) is 9.28. The lowest BCUT2D eigenvalue weighted by molar-refractivity contribution is -0.127. The molecule has 2 aromatic carbocycles. The molecule has 0 saturated carbocycles. The van der Waals surface area contributed by atoms with Gasteiger partial charge in [-0.05, 0) is 35.9 Å². The highest BCUT2D eigenvalue weighted by Gasteiger charge is 2.24. The quantitative estimate of drug-likeness (QED) is 0.743. The second-order valence-electron chi connectivity index (χ2n) is 6.17. The summed E-state index contributed by atoms with van der Waals surface area (Å²) in [7, 11) is 0. The predicted molar refractivity (Wildman–Crippen MR) is 104 cm³/mol. The van der Waals surface area contributed by atoms with Gasteiger partial charge in [-0.15, -0.1) is 11.8 Å². The fourth-order valence-electron chi connectivity index (χ4n) is 2.46. The molecule has 0 fully saturated rings. The van der Waals surface area contributed by atoms with Crippen molar-refractivity contribution < 1.29 is 9.59 Å². The van der Waals surface area contributed by atoms with E-state index in [9.17, 15) is 9.59 Å². The van der Waals surface area contributed by atoms with Gasteiger partial charge in [-0.25, -0.2) is 0 Å². The van der Waals surface area contributed by atoms with Gasteiger partial charge in [0, 0.05) is 10.6 Å². The number of carbonyl (C=O) groups is 2. The topological polar surface area (TPSA) is 58.2 Å². The Morgan fingerprint density at radius 3 is 2.40 bits per heavy atom. The van der Waals surface area contributed by atoms with Gasteiger partial charge in [-0.3, -0.25) is 9.59 Å². The zero-order valence-corrected chi connectivity index (χ0v) is 15.6. The molecule has 0 heterocycles. The van der Waals surface area contributed by atoms with Gasteiger partial charge in [-0.2, -0.15) is 0 Å². The zero-order chi connectivity index (χ0) is 18.2. The molecule has 0 aliphatic carbocycles. The monoisotopic (exact) mass is 356 g/mol. The third-order valence-electron chi connectivity index (χ3n) is 3.81. The Morgan fingerprint density at radius 2 is 1.76 bits per heavy atom. The van der Waals surface area contributed by atoms with Crippen LogP contribution < -0.4 is 10.6 Å². The van der Waals surface area contributed by atoms with Gasteiger partial charge < -0.3 is 10.6 Å². The van der Waals surface area contributed by atoms with Crippen molar-refractivity contribution in [3.8, 4) is 0 Å². The summed E-state index contributed by atoms with van der Waals surface area (Å²) in [6.45, 7) is 3.84. The molecule has 0 radical (unpaired) electrons. The molecule has 2 amide bonds. The maximum atomic E-state index is 12.6. The average molecular weight is 356 g/mol. The van der Waals surface area contributed by atoms with E-state index in [4.69, 9.17) is 0 Å². The summed E-state index contributed by atoms with van der Waals surface area (Å²) >= 11 is 1.62. The lowest BCUT2D eigenvalue weighted by Gasteiger charge is -2.22. The van der Waals surface area contributed by atoms with E-state index in [2.05, 4.69) is 10.6 Å². The highest BCUT2D eigenvalue weighted by molar-refractivity contribution is 7.98. The van der Waals surface area contributed by atoms with E-state index in [1.54, 1.807) is 11.8 Å². The molecule has 4 nitrogen and oxygen atoms in total. The Kier molecular flexibility index (Phi) is 7.07. The summed E-state index contributed by atoms with van der Waals surface area (Å²) in [4.78, 5) is 26.0. The fourth-order valence-corrected chi connectivity index (χ4v) is 2.92. The van der Waals surface area contributed by atoms with Crippen LogP contribution in [-0.4, -0.2) is 24.1 Å². The maximum Gasteiger partial charge on any atom is 0.247 e. The van der Waals surface area contributed by atoms with Crippen LogP contribution in [0.4, 0.5) is 5.69 Å². The molecule has 0 spiro atoms. The lowest BCUT2D eigenvalue weighted by atomic mass is 10.0. The van der Waals surface area contributed by atoms with Crippen LogP contribution in [-0.2, 0) is 16.0 Å². The van der Waals surface area contributed by atoms with E-state index in [0.717, 1.165) is 16.1 Å². The van der Waals surface area contributed by atoms with E-state index < -0.39 is 6.04 Å². The smallest absolute Gasteiger partial charge is 0.247 e. The SMILES string of the molecule is CSc1cccc(NC(=O)[C@@H](NC(=O)Cc2ccccc2)C(C)C)c1. The summed E-state index contributed by atoms with van der Waals surface area (Å²) in [6, 6.07) is 16.6. The van der Waals surface area contributed by atoms with Crippen molar-refractivity contribution >= 4 is 29.3 Å². The highest BCUT2D eigenvalue weighted by Crippen LogP contribution is 2.19. The molecular weight excluding hydrogens is 332 g/mol. The minimum Gasteiger partial charge on any atom is -0.344 e. The van der Waals surface area contributed by atoms with Crippen LogP contribution in [0.3, 0.4) is 0 Å². The van der Waals surface area contributed by atoms with Gasteiger partial charge in [0.1, 0.15) is 6.04 Å². The van der Waals surface area contributed by atoms with Crippen molar-refractivity contribution in [1.82, 2.24) is 5.32 Å². The number of rotatable bonds is 7. The number of benzene rings is 2. The first-order chi connectivity index (χ1) is 12.0. The van der Waals surface area contributed by atoms with Crippen LogP contribution in [0.1, 0.15) is 19.4 Å². The Bertz CT molecular complexity index is 717. The van der Waals surface area contributed by atoms with Crippen LogP contribution >= 0.6 is 11.8 Å². The van der Waals surface area contributed by atoms with Crippen LogP contribution in [0.2, 0.25) is 0 Å². The van der Waals surface area contributed by atoms with Crippen LogP contribution in [0.25, 0.3) is 0 Å². The number of hydrogen-bond acceptors (Lipinski definition) is 3. The third kappa shape index (κ3) is 5.94. The molecule has 0 aliphatic rings. The lowest BCUT2D eigenvalue weighted by Crippen LogP contribution is -2.47. The fraction of sp³-hybridized carbons (Fsp3) is 0.300. The van der Waals surface area contributed by atoms with Crippen LogP contribution in [0, 0.1) is 5.92 Å². The summed E-state index contributed by atoms with van der Waals surface area (Å²) in [5, 5.41) is 5.76. The molecule has 0 bridgehead atoms. The molecule has 0 aromatic heterocycles. The number of anilines is 1. The van der Waals surface area contributed by atoms with Crippen molar-refractivity contribution in [2.45, 2.75) is 31.2 Å². The highest BCUT2D eigenvalue weighted by atomic mass is 32.2. The van der Waals surface area contributed by atoms with Gasteiger partial charge in [0.25, 0.3) is 0 Å². The molecule has 0 saturated heterocycles. The molecule has 132 valence electrons. The van der Waals surface area contributed by atoms with Crippen molar-refractivity contribution in [3.63, 3.8) is 0 Å². The van der Waals surface area contributed by atoms with Gasteiger partial charge in [0.2, 0.25) is 11.8 Å². The molecule has 0 aliphatic heterocycles. The van der Waals surface area contributed by atoms with Crippen LogP contribution in [0.15, 0.2) is 59.5 Å². The van der Waals surface area contributed by atoms with E-state index >= 15 is 0 Å². The second-order valence-corrected chi connectivity index (χ2v) is 7.05. The van der Waals surface area contributed by atoms with Crippen molar-refractivity contribution in [3.05, 3.63) is 60.2 Å². The first-order valence-corrected chi connectivity index (χ1v) is 9.50. The van der Waals surface area contributed by atoms with Crippen molar-refractivity contribution in [1.29, 1.82) is 0 Å². The minimum atomic E-state index is -0.575. The van der Waals surface area contributed by atoms with E-state index in [-0.39, 0.29) is 24.2 Å². The number of hydrogen-bond donors (Lipinski definition) is 2. The largest absolute Gasteiger partial charge is 0.344 e. The standard InChI is InChI=1S/C20H24N2O2S/c1-14(2)19(22-18(23)12-15-8-5-4-6-9-15)20(24)21-16-10-7-11-17(13-16)25-3/h4-11,13-14,19H,12H2,1-3H3,(H,21,24)(H,22,23)/t19-/m0/s1. The number of carbonyl (C=O) groups excluding carboxylic acids is 2. The summed E-state index contributed by atoms with van der Waals surface area (Å²) in [5.74, 6) is -0.365. The Balaban J connectivity index is 2.01. The maximum absolute atomic E-state index is 12.6. The molecule has 5 heteroatoms. The number of amides is 2. The van der Waals surface area contributed by atoms with Crippen molar-refractivity contribution in [2.24, 2.45) is 5.92 Å². The molecule has 25 heavy (non-hydrogen) atoms. The predicted octanol–water partition coefficient (Wildman–Crippen LogP) is 3.73. The number of nitrogens with one attached hydrogen (secondary N) is 2. The van der Waals surface area contributed by atoms with Gasteiger partial charge in [-0.1, -0.05) is 50.2 Å². The van der Waals surface area contributed by atoms with E-state index in [0.29, 0.717) is 0 Å². The summed E-state index contributed by atoms with van der Waals surface area (Å²) in [5.41, 5.74) is 1.66. The Hall–Kier alpha value is -2.27. The van der Waals surface area contributed by atoms with E-state index in [1.807, 2.05) is 74.7 Å². The Morgan fingerprint density at radius 1 is 1.04 bits per heavy atom. The number of thioether (sulfide) groups is 1. The minimum absolute atomic E-state index is 0.0107. The van der Waals surface area contributed by atoms with E-state index in [1.165, 1.54) is 0 Å². The first-order valence-electron chi connectivity index (χ1n) is 8.28. The third-order valence-corrected chi connectivity index (χ3v) is 4.54. The Labute approximate surface area is 153 Å². The molecule has 1 atom stereocenters. The van der Waals surface area contributed by atoms with Crippen LogP contribution in [0.5, 0.6) is 0 Å². The molecule has 2 aromatic rings. The van der Waals surface area contributed by atoms with Gasteiger partial charge in [0.05, 0.1) is 6.42 Å². The summed E-state index contributed by atoms with van der Waals surface area (Å²) < 4.78 is 0. The first kappa shape index (κ1) is 19.1.